The van der Waals surface area contributed by atoms with Gasteiger partial charge in [-0.1, -0.05) is 31.9 Å². The van der Waals surface area contributed by atoms with Gasteiger partial charge < -0.3 is 10.6 Å². The van der Waals surface area contributed by atoms with Crippen LogP contribution in [-0.4, -0.2) is 35.2 Å². The highest BCUT2D eigenvalue weighted by Gasteiger charge is 2.02. The number of nitrogens with two attached hydrogens (primary N) is 1. The molecule has 1 fully saturated rings. The summed E-state index contributed by atoms with van der Waals surface area (Å²) in [4.78, 5) is 2.39. The molecule has 0 amide bonds. The van der Waals surface area contributed by atoms with Gasteiger partial charge in [-0.25, -0.2) is 0 Å². The predicted octanol–water partition coefficient (Wildman–Crippen LogP) is 2.84. The Balaban J connectivity index is 0.000000265. The van der Waals surface area contributed by atoms with Crippen LogP contribution in [0.5, 0.6) is 0 Å². The second-order valence-corrected chi connectivity index (χ2v) is 4.03. The van der Waals surface area contributed by atoms with Gasteiger partial charge in [0.2, 0.25) is 0 Å². The van der Waals surface area contributed by atoms with E-state index in [0.29, 0.717) is 11.0 Å². The quantitative estimate of drug-likeness (QED) is 0.778. The van der Waals surface area contributed by atoms with Crippen molar-refractivity contribution in [1.29, 1.82) is 0 Å². The maximum atomic E-state index is 5.38. The Morgan fingerprint density at radius 1 is 1.12 bits per heavy atom. The topological polar surface area (TPSA) is 55.0 Å². The number of aromatic nitrogens is 2. The SMILES string of the molecule is CC.CN1CCCCC1.Nc1ccc(Cl)nn1. The van der Waals surface area contributed by atoms with Crippen LogP contribution in [0, 0.1) is 0 Å². The summed E-state index contributed by atoms with van der Waals surface area (Å²) >= 11 is 5.38. The number of piperidine rings is 1. The highest BCUT2D eigenvalue weighted by Crippen LogP contribution is 2.04. The number of nitrogen functional groups attached to an aromatic ring is 1. The molecule has 17 heavy (non-hydrogen) atoms. The molecule has 0 aromatic carbocycles. The Hall–Kier alpha value is -0.870. The summed E-state index contributed by atoms with van der Waals surface area (Å²) in [6.07, 6.45) is 4.28. The Labute approximate surface area is 109 Å². The lowest BCUT2D eigenvalue weighted by Crippen LogP contribution is -2.24. The third kappa shape index (κ3) is 8.89. The van der Waals surface area contributed by atoms with E-state index in [9.17, 15) is 0 Å². The van der Waals surface area contributed by atoms with Gasteiger partial charge in [-0.05, 0) is 45.1 Å². The first kappa shape index (κ1) is 16.1. The zero-order chi connectivity index (χ0) is 13.1. The summed E-state index contributed by atoms with van der Waals surface area (Å²) in [5, 5.41) is 7.30. The molecule has 0 aliphatic carbocycles. The van der Waals surface area contributed by atoms with E-state index < -0.39 is 0 Å². The van der Waals surface area contributed by atoms with Crippen molar-refractivity contribution in [3.05, 3.63) is 17.3 Å². The smallest absolute Gasteiger partial charge is 0.151 e. The zero-order valence-electron chi connectivity index (χ0n) is 11.0. The van der Waals surface area contributed by atoms with Crippen LogP contribution in [0.25, 0.3) is 0 Å². The van der Waals surface area contributed by atoms with E-state index >= 15 is 0 Å². The molecule has 1 saturated heterocycles. The molecule has 0 unspecified atom stereocenters. The lowest BCUT2D eigenvalue weighted by atomic mass is 10.1. The van der Waals surface area contributed by atoms with Gasteiger partial charge in [-0.3, -0.25) is 0 Å². The third-order valence-electron chi connectivity index (χ3n) is 2.23. The van der Waals surface area contributed by atoms with Crippen molar-refractivity contribution in [3.8, 4) is 0 Å². The van der Waals surface area contributed by atoms with E-state index in [1.165, 1.54) is 32.4 Å². The van der Waals surface area contributed by atoms with Crippen LogP contribution in [0.2, 0.25) is 5.15 Å². The molecule has 1 aromatic heterocycles. The lowest BCUT2D eigenvalue weighted by molar-refractivity contribution is 0.277. The molecular formula is C12H23ClN4. The molecular weight excluding hydrogens is 236 g/mol. The molecule has 1 aliphatic heterocycles. The van der Waals surface area contributed by atoms with Crippen LogP contribution in [0.1, 0.15) is 33.1 Å². The molecule has 1 aromatic rings. The molecule has 4 nitrogen and oxygen atoms in total. The number of halogens is 1. The third-order valence-corrected chi connectivity index (χ3v) is 2.43. The van der Waals surface area contributed by atoms with Crippen LogP contribution >= 0.6 is 11.6 Å². The monoisotopic (exact) mass is 258 g/mol. The molecule has 1 aliphatic rings. The van der Waals surface area contributed by atoms with E-state index in [2.05, 4.69) is 22.1 Å². The average Bonchev–Trinajstić information content (AvgIpc) is 2.37. The second-order valence-electron chi connectivity index (χ2n) is 3.64. The molecule has 2 rings (SSSR count). The largest absolute Gasteiger partial charge is 0.382 e. The van der Waals surface area contributed by atoms with Crippen molar-refractivity contribution in [1.82, 2.24) is 15.1 Å². The Morgan fingerprint density at radius 3 is 2.00 bits per heavy atom. The summed E-state index contributed by atoms with van der Waals surface area (Å²) in [6, 6.07) is 3.18. The maximum absolute atomic E-state index is 5.38. The van der Waals surface area contributed by atoms with Crippen molar-refractivity contribution in [2.45, 2.75) is 33.1 Å². The first-order chi connectivity index (χ1) is 8.18. The van der Waals surface area contributed by atoms with E-state index in [4.69, 9.17) is 17.3 Å². The van der Waals surface area contributed by atoms with Crippen molar-refractivity contribution in [3.63, 3.8) is 0 Å². The van der Waals surface area contributed by atoms with E-state index in [-0.39, 0.29) is 0 Å². The van der Waals surface area contributed by atoms with Gasteiger partial charge in [-0.15, -0.1) is 10.2 Å². The lowest BCUT2D eigenvalue weighted by Gasteiger charge is -2.20. The molecule has 0 spiro atoms. The minimum absolute atomic E-state index is 0.360. The van der Waals surface area contributed by atoms with Gasteiger partial charge in [-0.2, -0.15) is 0 Å². The van der Waals surface area contributed by atoms with E-state index in [0.717, 1.165) is 0 Å². The fourth-order valence-corrected chi connectivity index (χ4v) is 1.48. The summed E-state index contributed by atoms with van der Waals surface area (Å²) in [5.41, 5.74) is 5.19. The Bertz CT molecular complexity index is 249. The molecule has 0 bridgehead atoms. The van der Waals surface area contributed by atoms with Gasteiger partial charge in [0.25, 0.3) is 0 Å². The number of anilines is 1. The summed E-state index contributed by atoms with van der Waals surface area (Å²) in [6.45, 7) is 6.64. The van der Waals surface area contributed by atoms with Crippen LogP contribution in [-0.2, 0) is 0 Å². The van der Waals surface area contributed by atoms with Crippen LogP contribution in [0.3, 0.4) is 0 Å². The second kappa shape index (κ2) is 10.3. The molecule has 0 radical (unpaired) electrons. The number of hydrogen-bond acceptors (Lipinski definition) is 4. The van der Waals surface area contributed by atoms with Crippen molar-refractivity contribution < 1.29 is 0 Å². The number of nitrogens with zero attached hydrogens (tertiary/aromatic N) is 3. The number of likely N-dealkylation sites (tertiary alicyclic amines) is 1. The highest BCUT2D eigenvalue weighted by atomic mass is 35.5. The van der Waals surface area contributed by atoms with Crippen molar-refractivity contribution in [2.24, 2.45) is 0 Å². The summed E-state index contributed by atoms with van der Waals surface area (Å²) < 4.78 is 0. The van der Waals surface area contributed by atoms with Gasteiger partial charge in [0.1, 0.15) is 5.82 Å². The van der Waals surface area contributed by atoms with Crippen molar-refractivity contribution >= 4 is 17.4 Å². The van der Waals surface area contributed by atoms with Crippen molar-refractivity contribution in [2.75, 3.05) is 25.9 Å². The first-order valence-corrected chi connectivity index (χ1v) is 6.49. The normalized spacial score (nSPS) is 15.1. The minimum Gasteiger partial charge on any atom is -0.382 e. The number of rotatable bonds is 0. The molecule has 2 heterocycles. The Morgan fingerprint density at radius 2 is 1.71 bits per heavy atom. The first-order valence-electron chi connectivity index (χ1n) is 6.12. The average molecular weight is 259 g/mol. The highest BCUT2D eigenvalue weighted by molar-refractivity contribution is 6.29. The van der Waals surface area contributed by atoms with Gasteiger partial charge in [0.15, 0.2) is 5.15 Å². The fourth-order valence-electron chi connectivity index (χ4n) is 1.38. The standard InChI is InChI=1S/C6H13N.C4H4ClN3.C2H6/c1-7-5-3-2-4-6-7;5-3-1-2-4(6)8-7-3;1-2/h2-6H2,1H3;1-2H,(H2,6,8);1-2H3. The van der Waals surface area contributed by atoms with E-state index in [1.807, 2.05) is 13.8 Å². The molecule has 2 N–H and O–H groups in total. The number of hydrogen-bond donors (Lipinski definition) is 1. The van der Waals surface area contributed by atoms with Gasteiger partial charge >= 0.3 is 0 Å². The van der Waals surface area contributed by atoms with Gasteiger partial charge in [0, 0.05) is 0 Å². The Kier molecular flexibility index (Phi) is 9.77. The molecule has 5 heteroatoms. The predicted molar refractivity (Wildman–Crippen MR) is 74.2 cm³/mol. The summed E-state index contributed by atoms with van der Waals surface area (Å²) in [7, 11) is 2.19. The van der Waals surface area contributed by atoms with Gasteiger partial charge in [0.05, 0.1) is 0 Å². The zero-order valence-corrected chi connectivity index (χ0v) is 11.7. The van der Waals surface area contributed by atoms with Crippen LogP contribution in [0.4, 0.5) is 5.82 Å². The summed E-state index contributed by atoms with van der Waals surface area (Å²) in [5.74, 6) is 0.384. The molecule has 0 saturated carbocycles. The van der Waals surface area contributed by atoms with E-state index in [1.54, 1.807) is 12.1 Å². The maximum Gasteiger partial charge on any atom is 0.151 e. The minimum atomic E-state index is 0.360. The van der Waals surface area contributed by atoms with Crippen LogP contribution in [0.15, 0.2) is 12.1 Å². The molecule has 0 atom stereocenters. The fraction of sp³-hybridized carbons (Fsp3) is 0.667. The van der Waals surface area contributed by atoms with Crippen LogP contribution < -0.4 is 5.73 Å². The molecule has 98 valence electrons.